The zero-order chi connectivity index (χ0) is 11.8. The largest absolute Gasteiger partial charge is 0.479 e. The molecule has 84 valence electrons. The number of aliphatic hydroxyl groups is 2. The molecule has 0 aromatic carbocycles. The summed E-state index contributed by atoms with van der Waals surface area (Å²) in [6.07, 6.45) is 1.45. The summed E-state index contributed by atoms with van der Waals surface area (Å²) in [5.41, 5.74) is -2.42. The van der Waals surface area contributed by atoms with E-state index >= 15 is 0 Å². The Balaban J connectivity index is 3.33. The van der Waals surface area contributed by atoms with Gasteiger partial charge in [-0.2, -0.15) is 0 Å². The predicted octanol–water partition coefficient (Wildman–Crippen LogP) is 0.853. The molecule has 1 aliphatic carbocycles. The Morgan fingerprint density at radius 2 is 2.13 bits per heavy atom. The normalized spacial score (nSPS) is 36.6. The minimum absolute atomic E-state index is 0.0772. The van der Waals surface area contributed by atoms with Crippen LogP contribution < -0.4 is 0 Å². The summed E-state index contributed by atoms with van der Waals surface area (Å²) in [6.45, 7) is 1.63. The highest BCUT2D eigenvalue weighted by atomic mass is 35.5. The van der Waals surface area contributed by atoms with Crippen LogP contribution in [0.1, 0.15) is 6.92 Å². The maximum Gasteiger partial charge on any atom is 0.342 e. The molecule has 6 heteroatoms. The van der Waals surface area contributed by atoms with Gasteiger partial charge < -0.3 is 15.3 Å². The highest BCUT2D eigenvalue weighted by Crippen LogP contribution is 2.42. The Hall–Kier alpha value is -0.550. The molecular formula is C9H10Cl2O4. The van der Waals surface area contributed by atoms with Crippen molar-refractivity contribution in [3.63, 3.8) is 0 Å². The van der Waals surface area contributed by atoms with Crippen LogP contribution in [0.3, 0.4) is 0 Å². The Morgan fingerprint density at radius 1 is 1.60 bits per heavy atom. The van der Waals surface area contributed by atoms with Crippen LogP contribution in [0.15, 0.2) is 22.8 Å². The molecule has 0 bridgehead atoms. The number of carboxylic acid groups (broad SMARTS) is 1. The van der Waals surface area contributed by atoms with Crippen LogP contribution in [0.25, 0.3) is 0 Å². The van der Waals surface area contributed by atoms with E-state index in [1.165, 1.54) is 12.2 Å². The molecule has 3 N–H and O–H groups in total. The van der Waals surface area contributed by atoms with Crippen molar-refractivity contribution >= 4 is 29.2 Å². The molecule has 0 aliphatic heterocycles. The lowest BCUT2D eigenvalue weighted by Gasteiger charge is -2.24. The number of aliphatic carboxylic acids is 1. The standard InChI is InChI=1S/C9H10Cl2O4/c1-2-3-4-5(10)6(12)7(11)9(4,15)8(13)14/h2-3,6-7,12,15H,1H3,(H,13,14)/b3-2+/t6-,7-,9-/m1/s1. The average Bonchev–Trinajstić information content (AvgIpc) is 2.34. The van der Waals surface area contributed by atoms with Crippen molar-refractivity contribution in [1.29, 1.82) is 0 Å². The number of carboxylic acids is 1. The van der Waals surface area contributed by atoms with Crippen molar-refractivity contribution in [2.45, 2.75) is 24.0 Å². The van der Waals surface area contributed by atoms with Crippen molar-refractivity contribution in [2.75, 3.05) is 0 Å². The summed E-state index contributed by atoms with van der Waals surface area (Å²) in [5.74, 6) is -1.54. The summed E-state index contributed by atoms with van der Waals surface area (Å²) in [5, 5.41) is 26.7. The second kappa shape index (κ2) is 4.14. The van der Waals surface area contributed by atoms with Crippen LogP contribution in [0.4, 0.5) is 0 Å². The van der Waals surface area contributed by atoms with E-state index in [0.29, 0.717) is 0 Å². The molecule has 0 saturated heterocycles. The van der Waals surface area contributed by atoms with E-state index in [2.05, 4.69) is 0 Å². The Bertz CT molecular complexity index is 350. The first-order chi connectivity index (χ1) is 6.87. The quantitative estimate of drug-likeness (QED) is 0.637. The number of hydrogen-bond donors (Lipinski definition) is 3. The summed E-state index contributed by atoms with van der Waals surface area (Å²) in [7, 11) is 0. The smallest absolute Gasteiger partial charge is 0.342 e. The summed E-state index contributed by atoms with van der Waals surface area (Å²) in [4.78, 5) is 10.9. The second-order valence-corrected chi connectivity index (χ2v) is 4.06. The third kappa shape index (κ3) is 1.67. The SMILES string of the molecule is C/C=C/C1=C(Cl)[C@@H](O)[C@@H](Cl)[C@@]1(O)C(=O)O. The van der Waals surface area contributed by atoms with Crippen LogP contribution >= 0.6 is 23.2 Å². The fourth-order valence-corrected chi connectivity index (χ4v) is 2.19. The maximum absolute atomic E-state index is 10.9. The van der Waals surface area contributed by atoms with Gasteiger partial charge in [0.05, 0.1) is 5.03 Å². The van der Waals surface area contributed by atoms with Crippen LogP contribution in [0.5, 0.6) is 0 Å². The van der Waals surface area contributed by atoms with Crippen molar-refractivity contribution in [3.05, 3.63) is 22.8 Å². The van der Waals surface area contributed by atoms with Crippen molar-refractivity contribution in [3.8, 4) is 0 Å². The predicted molar refractivity (Wildman–Crippen MR) is 55.9 cm³/mol. The molecule has 15 heavy (non-hydrogen) atoms. The number of carbonyl (C=O) groups is 1. The molecule has 0 aromatic rings. The molecule has 3 atom stereocenters. The fourth-order valence-electron chi connectivity index (χ4n) is 1.45. The number of allylic oxidation sites excluding steroid dienone is 1. The van der Waals surface area contributed by atoms with E-state index in [-0.39, 0.29) is 10.6 Å². The molecule has 0 unspecified atom stereocenters. The molecule has 0 heterocycles. The van der Waals surface area contributed by atoms with E-state index in [1.54, 1.807) is 6.92 Å². The van der Waals surface area contributed by atoms with E-state index in [9.17, 15) is 15.0 Å². The molecule has 4 nitrogen and oxygen atoms in total. The Kier molecular flexibility index (Phi) is 3.45. The van der Waals surface area contributed by atoms with E-state index in [0.717, 1.165) is 0 Å². The van der Waals surface area contributed by atoms with Gasteiger partial charge in [0.1, 0.15) is 11.5 Å². The minimum Gasteiger partial charge on any atom is -0.479 e. The number of alkyl halides is 1. The van der Waals surface area contributed by atoms with Gasteiger partial charge in [-0.15, -0.1) is 11.6 Å². The molecule has 0 radical (unpaired) electrons. The fraction of sp³-hybridized carbons (Fsp3) is 0.444. The first-order valence-electron chi connectivity index (χ1n) is 4.18. The summed E-state index contributed by atoms with van der Waals surface area (Å²) < 4.78 is 0. The highest BCUT2D eigenvalue weighted by molar-refractivity contribution is 6.34. The van der Waals surface area contributed by atoms with Crippen LogP contribution in [0, 0.1) is 0 Å². The minimum atomic E-state index is -2.34. The van der Waals surface area contributed by atoms with Gasteiger partial charge in [-0.25, -0.2) is 4.79 Å². The lowest BCUT2D eigenvalue weighted by Crippen LogP contribution is -2.48. The molecule has 0 amide bonds. The van der Waals surface area contributed by atoms with Crippen molar-refractivity contribution in [2.24, 2.45) is 0 Å². The lowest BCUT2D eigenvalue weighted by atomic mass is 9.95. The van der Waals surface area contributed by atoms with E-state index < -0.39 is 23.1 Å². The number of aliphatic hydroxyl groups excluding tert-OH is 1. The van der Waals surface area contributed by atoms with Gasteiger partial charge in [0.25, 0.3) is 0 Å². The van der Waals surface area contributed by atoms with Gasteiger partial charge in [-0.3, -0.25) is 0 Å². The van der Waals surface area contributed by atoms with Crippen LogP contribution in [0.2, 0.25) is 0 Å². The molecule has 0 saturated carbocycles. The number of hydrogen-bond acceptors (Lipinski definition) is 3. The monoisotopic (exact) mass is 252 g/mol. The second-order valence-electron chi connectivity index (χ2n) is 3.18. The van der Waals surface area contributed by atoms with Crippen molar-refractivity contribution < 1.29 is 20.1 Å². The zero-order valence-electron chi connectivity index (χ0n) is 7.82. The number of halogens is 2. The van der Waals surface area contributed by atoms with Crippen molar-refractivity contribution in [1.82, 2.24) is 0 Å². The third-order valence-corrected chi connectivity index (χ3v) is 3.24. The molecule has 1 rings (SSSR count). The molecule has 0 spiro atoms. The summed E-state index contributed by atoms with van der Waals surface area (Å²) in [6, 6.07) is 0. The van der Waals surface area contributed by atoms with Gasteiger partial charge >= 0.3 is 5.97 Å². The van der Waals surface area contributed by atoms with E-state index in [4.69, 9.17) is 28.3 Å². The van der Waals surface area contributed by atoms with Crippen LogP contribution in [-0.2, 0) is 4.79 Å². The lowest BCUT2D eigenvalue weighted by molar-refractivity contribution is -0.154. The van der Waals surface area contributed by atoms with Gasteiger partial charge in [-0.05, 0) is 6.92 Å². The summed E-state index contributed by atoms with van der Waals surface area (Å²) >= 11 is 11.4. The number of rotatable bonds is 2. The van der Waals surface area contributed by atoms with E-state index in [1.807, 2.05) is 0 Å². The highest BCUT2D eigenvalue weighted by Gasteiger charge is 2.56. The average molecular weight is 253 g/mol. The van der Waals surface area contributed by atoms with Gasteiger partial charge in [0, 0.05) is 5.57 Å². The third-order valence-electron chi connectivity index (χ3n) is 2.26. The van der Waals surface area contributed by atoms with Gasteiger partial charge in [0.15, 0.2) is 0 Å². The van der Waals surface area contributed by atoms with Crippen LogP contribution in [-0.4, -0.2) is 38.4 Å². The zero-order valence-corrected chi connectivity index (χ0v) is 9.33. The van der Waals surface area contributed by atoms with Gasteiger partial charge in [-0.1, -0.05) is 23.8 Å². The molecule has 0 fully saturated rings. The molecule has 0 aromatic heterocycles. The molecular weight excluding hydrogens is 243 g/mol. The maximum atomic E-state index is 10.9. The topological polar surface area (TPSA) is 77.8 Å². The molecule has 1 aliphatic rings. The first kappa shape index (κ1) is 12.5. The van der Waals surface area contributed by atoms with Gasteiger partial charge in [0.2, 0.25) is 5.60 Å². The first-order valence-corrected chi connectivity index (χ1v) is 4.99. The Morgan fingerprint density at radius 3 is 2.53 bits per heavy atom. The Labute approximate surface area is 96.4 Å².